The molecule has 0 aliphatic heterocycles. The fourth-order valence-electron chi connectivity index (χ4n) is 4.48. The van der Waals surface area contributed by atoms with Gasteiger partial charge in [0.15, 0.2) is 0 Å². The number of hydrogen-bond donors (Lipinski definition) is 2. The lowest BCUT2D eigenvalue weighted by atomic mass is 10.1. The van der Waals surface area contributed by atoms with Gasteiger partial charge in [0.25, 0.3) is 16.0 Å². The molecule has 0 aliphatic carbocycles. The lowest BCUT2D eigenvalue weighted by Gasteiger charge is -2.10. The monoisotopic (exact) mass is 643 g/mol. The van der Waals surface area contributed by atoms with Crippen LogP contribution in [-0.2, 0) is 16.3 Å². The van der Waals surface area contributed by atoms with Gasteiger partial charge in [-0.2, -0.15) is 21.6 Å². The van der Waals surface area contributed by atoms with Crippen LogP contribution < -0.4 is 5.32 Å². The van der Waals surface area contributed by atoms with Crippen LogP contribution in [0.25, 0.3) is 41.6 Å². The van der Waals surface area contributed by atoms with Crippen LogP contribution in [0.4, 0.5) is 23.2 Å². The average molecular weight is 644 g/mol. The van der Waals surface area contributed by atoms with Gasteiger partial charge in [-0.3, -0.25) is 9.35 Å². The molecule has 7 nitrogen and oxygen atoms in total. The van der Waals surface area contributed by atoms with Crippen LogP contribution in [0.3, 0.4) is 0 Å². The molecule has 6 aromatic rings. The Bertz CT molecular complexity index is 2170. The fourth-order valence-corrected chi connectivity index (χ4v) is 7.79. The molecule has 0 unspecified atom stereocenters. The molecule has 14 heteroatoms. The maximum Gasteiger partial charge on any atom is 0.416 e. The molecule has 6 rings (SSSR count). The lowest BCUT2D eigenvalue weighted by molar-refractivity contribution is -0.137. The number of halogens is 4. The first-order chi connectivity index (χ1) is 20.3. The van der Waals surface area contributed by atoms with Gasteiger partial charge in [-0.05, 0) is 79.2 Å². The van der Waals surface area contributed by atoms with Gasteiger partial charge in [0.05, 0.1) is 26.0 Å². The van der Waals surface area contributed by atoms with Crippen LogP contribution in [0.15, 0.2) is 77.7 Å². The topological polar surface area (TPSA) is 109 Å². The molecular formula is C29H17F4N3O4S3. The van der Waals surface area contributed by atoms with Crippen LogP contribution in [0.1, 0.15) is 21.5 Å². The molecule has 0 atom stereocenters. The molecule has 0 bridgehead atoms. The number of anilines is 1. The Kier molecular flexibility index (Phi) is 7.04. The molecule has 0 saturated carbocycles. The van der Waals surface area contributed by atoms with Crippen LogP contribution in [0.2, 0.25) is 0 Å². The number of fused-ring (bicyclic) bond motifs is 2. The van der Waals surface area contributed by atoms with E-state index in [9.17, 15) is 35.3 Å². The molecule has 0 radical (unpaired) electrons. The Balaban J connectivity index is 1.25. The van der Waals surface area contributed by atoms with Gasteiger partial charge in [0.2, 0.25) is 0 Å². The van der Waals surface area contributed by atoms with Gasteiger partial charge >= 0.3 is 6.18 Å². The molecule has 0 fully saturated rings. The standard InChI is InChI=1S/C29H17F4N3O4S3/c1-14-2-8-22-24(25(14)43(38,39)40)42-28(36-22)16-5-9-21-23(12-16)41-27(35-21)15-3-6-20(7-4-15)34-26(37)17-10-18(29(31,32)33)13-19(30)11-17/h2-13H,1H3,(H,34,37)(H,38,39,40). The van der Waals surface area contributed by atoms with Gasteiger partial charge < -0.3 is 5.32 Å². The fraction of sp³-hybridized carbons (Fsp3) is 0.0690. The number of rotatable bonds is 5. The zero-order valence-electron chi connectivity index (χ0n) is 21.7. The lowest BCUT2D eigenvalue weighted by Crippen LogP contribution is -2.14. The molecule has 0 aliphatic rings. The second-order valence-electron chi connectivity index (χ2n) is 9.51. The number of nitrogens with zero attached hydrogens (tertiary/aromatic N) is 2. The first-order valence-corrected chi connectivity index (χ1v) is 15.4. The predicted octanol–water partition coefficient (Wildman–Crippen LogP) is 8.21. The Labute approximate surface area is 249 Å². The van der Waals surface area contributed by atoms with Gasteiger partial charge in [-0.1, -0.05) is 6.07 Å². The third-order valence-corrected chi connectivity index (χ3v) is 9.86. The molecule has 0 spiro atoms. The highest BCUT2D eigenvalue weighted by Gasteiger charge is 2.32. The van der Waals surface area contributed by atoms with Crippen LogP contribution in [-0.4, -0.2) is 28.8 Å². The Morgan fingerprint density at radius 2 is 1.51 bits per heavy atom. The molecule has 2 aromatic heterocycles. The van der Waals surface area contributed by atoms with E-state index in [4.69, 9.17) is 0 Å². The number of hydrogen-bond acceptors (Lipinski definition) is 7. The largest absolute Gasteiger partial charge is 0.416 e. The highest BCUT2D eigenvalue weighted by atomic mass is 32.2. The van der Waals surface area contributed by atoms with Gasteiger partial charge in [0.1, 0.15) is 20.7 Å². The number of carbonyl (C=O) groups is 1. The molecule has 43 heavy (non-hydrogen) atoms. The quantitative estimate of drug-likeness (QED) is 0.145. The zero-order valence-corrected chi connectivity index (χ0v) is 24.2. The molecule has 1 amide bonds. The smallest absolute Gasteiger partial charge is 0.322 e. The first-order valence-electron chi connectivity index (χ1n) is 12.3. The number of nitrogens with one attached hydrogen (secondary N) is 1. The van der Waals surface area contributed by atoms with Crippen LogP contribution >= 0.6 is 22.7 Å². The van der Waals surface area contributed by atoms with Crippen LogP contribution in [0.5, 0.6) is 0 Å². The first kappa shape index (κ1) is 28.9. The van der Waals surface area contributed by atoms with Crippen molar-refractivity contribution in [2.75, 3.05) is 5.32 Å². The summed E-state index contributed by atoms with van der Waals surface area (Å²) in [6.45, 7) is 1.60. The van der Waals surface area contributed by atoms with Crippen molar-refractivity contribution in [3.8, 4) is 21.1 Å². The Morgan fingerprint density at radius 1 is 0.860 bits per heavy atom. The SMILES string of the molecule is Cc1ccc2nc(-c3ccc4nc(-c5ccc(NC(=O)c6cc(F)cc(C(F)(F)F)c6)cc5)sc4c3)sc2c1S(=O)(=O)O. The zero-order chi connectivity index (χ0) is 30.7. The Hall–Kier alpha value is -4.24. The van der Waals surface area contributed by atoms with Crippen molar-refractivity contribution in [3.63, 3.8) is 0 Å². The highest BCUT2D eigenvalue weighted by molar-refractivity contribution is 7.86. The maximum atomic E-state index is 13.7. The minimum absolute atomic E-state index is 0.156. The van der Waals surface area contributed by atoms with E-state index in [-0.39, 0.29) is 4.90 Å². The number of alkyl halides is 3. The summed E-state index contributed by atoms with van der Waals surface area (Å²) in [6.07, 6.45) is -4.79. The number of benzene rings is 4. The number of aromatic nitrogens is 2. The van der Waals surface area contributed by atoms with Crippen molar-refractivity contribution in [1.82, 2.24) is 9.97 Å². The van der Waals surface area contributed by atoms with E-state index >= 15 is 0 Å². The molecular weight excluding hydrogens is 627 g/mol. The van der Waals surface area contributed by atoms with E-state index in [0.29, 0.717) is 49.1 Å². The van der Waals surface area contributed by atoms with E-state index in [1.54, 1.807) is 43.3 Å². The number of thiazole rings is 2. The van der Waals surface area contributed by atoms with Crippen molar-refractivity contribution in [2.24, 2.45) is 0 Å². The molecule has 0 saturated heterocycles. The normalized spacial score (nSPS) is 12.2. The van der Waals surface area contributed by atoms with Gasteiger partial charge in [0, 0.05) is 22.4 Å². The summed E-state index contributed by atoms with van der Waals surface area (Å²) in [6, 6.07) is 17.0. The van der Waals surface area contributed by atoms with Crippen molar-refractivity contribution >= 4 is 64.8 Å². The Morgan fingerprint density at radius 3 is 2.21 bits per heavy atom. The van der Waals surface area contributed by atoms with Gasteiger partial charge in [-0.25, -0.2) is 14.4 Å². The summed E-state index contributed by atoms with van der Waals surface area (Å²) in [5.41, 5.74) is 1.63. The summed E-state index contributed by atoms with van der Waals surface area (Å²) in [5, 5.41) is 3.71. The van der Waals surface area contributed by atoms with E-state index in [0.717, 1.165) is 33.2 Å². The maximum absolute atomic E-state index is 13.7. The summed E-state index contributed by atoms with van der Waals surface area (Å²) in [7, 11) is -4.44. The number of amides is 1. The molecule has 218 valence electrons. The highest BCUT2D eigenvalue weighted by Crippen LogP contribution is 2.38. The molecule has 2 N–H and O–H groups in total. The summed E-state index contributed by atoms with van der Waals surface area (Å²) in [4.78, 5) is 21.6. The third-order valence-electron chi connectivity index (χ3n) is 6.48. The summed E-state index contributed by atoms with van der Waals surface area (Å²) in [5.74, 6) is -2.06. The molecule has 2 heterocycles. The van der Waals surface area contributed by atoms with E-state index in [1.165, 1.54) is 11.3 Å². The minimum Gasteiger partial charge on any atom is -0.322 e. The van der Waals surface area contributed by atoms with Crippen molar-refractivity contribution in [1.29, 1.82) is 0 Å². The van der Waals surface area contributed by atoms with Crippen LogP contribution in [0, 0.1) is 12.7 Å². The molecule has 4 aromatic carbocycles. The second kappa shape index (κ2) is 10.5. The average Bonchev–Trinajstić information content (AvgIpc) is 3.55. The van der Waals surface area contributed by atoms with E-state index in [2.05, 4.69) is 15.3 Å². The van der Waals surface area contributed by atoms with Gasteiger partial charge in [-0.15, -0.1) is 22.7 Å². The van der Waals surface area contributed by atoms with E-state index < -0.39 is 39.1 Å². The second-order valence-corrected chi connectivity index (χ2v) is 12.9. The minimum atomic E-state index is -4.79. The van der Waals surface area contributed by atoms with Crippen molar-refractivity contribution in [2.45, 2.75) is 18.0 Å². The van der Waals surface area contributed by atoms with Crippen molar-refractivity contribution in [3.05, 3.63) is 95.3 Å². The van der Waals surface area contributed by atoms with Crippen molar-refractivity contribution < 1.29 is 35.3 Å². The third kappa shape index (κ3) is 5.73. The summed E-state index contributed by atoms with van der Waals surface area (Å²) >= 11 is 2.55. The predicted molar refractivity (Wildman–Crippen MR) is 158 cm³/mol. The number of aryl methyl sites for hydroxylation is 1. The number of carbonyl (C=O) groups excluding carboxylic acids is 1. The summed E-state index contributed by atoms with van der Waals surface area (Å²) < 4.78 is 87.6. The van der Waals surface area contributed by atoms with E-state index in [1.807, 2.05) is 18.2 Å².